The van der Waals surface area contributed by atoms with Crippen LogP contribution in [0.25, 0.3) is 33.1 Å². The molecule has 28 heavy (non-hydrogen) atoms. The first kappa shape index (κ1) is 17.3. The number of benzene rings is 2. The third-order valence-corrected chi connectivity index (χ3v) is 5.55. The Labute approximate surface area is 161 Å². The van der Waals surface area contributed by atoms with Gasteiger partial charge in [0.15, 0.2) is 5.82 Å². The van der Waals surface area contributed by atoms with Gasteiger partial charge in [0.25, 0.3) is 0 Å². The molecular formula is C22H20F2N4. The summed E-state index contributed by atoms with van der Waals surface area (Å²) < 4.78 is 30.9. The van der Waals surface area contributed by atoms with Crippen molar-refractivity contribution < 1.29 is 8.78 Å². The van der Waals surface area contributed by atoms with Gasteiger partial charge < -0.3 is 5.32 Å². The summed E-state index contributed by atoms with van der Waals surface area (Å²) in [5.74, 6) is -0.352. The molecule has 2 aromatic carbocycles. The molecule has 0 unspecified atom stereocenters. The Kier molecular flexibility index (Phi) is 4.09. The molecule has 4 aromatic rings. The zero-order valence-corrected chi connectivity index (χ0v) is 15.5. The van der Waals surface area contributed by atoms with Gasteiger partial charge in [0, 0.05) is 29.6 Å². The van der Waals surface area contributed by atoms with Gasteiger partial charge in [-0.3, -0.25) is 4.68 Å². The van der Waals surface area contributed by atoms with Crippen molar-refractivity contribution in [2.24, 2.45) is 7.05 Å². The normalized spacial score (nSPS) is 15.5. The summed E-state index contributed by atoms with van der Waals surface area (Å²) in [7, 11) is 1.75. The summed E-state index contributed by atoms with van der Waals surface area (Å²) in [5.41, 5.74) is 2.84. The van der Waals surface area contributed by atoms with Crippen molar-refractivity contribution in [2.45, 2.75) is 18.8 Å². The molecule has 4 nitrogen and oxygen atoms in total. The molecule has 3 heterocycles. The summed E-state index contributed by atoms with van der Waals surface area (Å²) in [6.07, 6.45) is 3.79. The van der Waals surface area contributed by atoms with Crippen molar-refractivity contribution in [3.05, 3.63) is 59.8 Å². The average Bonchev–Trinajstić information content (AvgIpc) is 3.09. The lowest BCUT2D eigenvalue weighted by Crippen LogP contribution is -2.26. The molecule has 0 saturated carbocycles. The molecule has 0 bridgehead atoms. The van der Waals surface area contributed by atoms with Gasteiger partial charge >= 0.3 is 0 Å². The second-order valence-corrected chi connectivity index (χ2v) is 7.49. The van der Waals surface area contributed by atoms with E-state index in [1.54, 1.807) is 24.0 Å². The first-order chi connectivity index (χ1) is 13.6. The molecule has 1 aliphatic heterocycles. The summed E-state index contributed by atoms with van der Waals surface area (Å²) in [5, 5.41) is 8.93. The molecule has 0 amide bonds. The number of aryl methyl sites for hydroxylation is 1. The van der Waals surface area contributed by atoms with Crippen LogP contribution in [0.2, 0.25) is 0 Å². The molecule has 1 aliphatic rings. The summed E-state index contributed by atoms with van der Waals surface area (Å²) in [4.78, 5) is 4.50. The first-order valence-corrected chi connectivity index (χ1v) is 9.53. The maximum atomic E-state index is 14.9. The van der Waals surface area contributed by atoms with Crippen LogP contribution >= 0.6 is 0 Å². The number of piperidine rings is 1. The minimum atomic E-state index is -0.406. The minimum absolute atomic E-state index is 0.321. The van der Waals surface area contributed by atoms with Crippen LogP contribution < -0.4 is 5.32 Å². The maximum Gasteiger partial charge on any atom is 0.151 e. The lowest BCUT2D eigenvalue weighted by Gasteiger charge is -2.23. The number of pyridine rings is 1. The molecule has 0 spiro atoms. The van der Waals surface area contributed by atoms with Gasteiger partial charge in [-0.15, -0.1) is 0 Å². The van der Waals surface area contributed by atoms with Crippen molar-refractivity contribution >= 4 is 21.8 Å². The standard InChI is InChI=1S/C22H20F2N4/c1-28-12-17-9-16(11-19(24)22(17)27-28)20-3-2-14-8-15(10-18(23)21(14)26-20)13-4-6-25-7-5-13/h2-3,8-13,25H,4-7H2,1H3. The summed E-state index contributed by atoms with van der Waals surface area (Å²) in [6.45, 7) is 1.92. The molecule has 5 rings (SSSR count). The number of hydrogen-bond donors (Lipinski definition) is 1. The first-order valence-electron chi connectivity index (χ1n) is 9.53. The van der Waals surface area contributed by atoms with Gasteiger partial charge in [0.1, 0.15) is 16.9 Å². The van der Waals surface area contributed by atoms with Gasteiger partial charge in [-0.25, -0.2) is 13.8 Å². The van der Waals surface area contributed by atoms with Gasteiger partial charge in [-0.05, 0) is 67.7 Å². The molecule has 0 aliphatic carbocycles. The van der Waals surface area contributed by atoms with Crippen LogP contribution in [0.3, 0.4) is 0 Å². The number of halogens is 2. The van der Waals surface area contributed by atoms with Crippen molar-refractivity contribution in [3.63, 3.8) is 0 Å². The van der Waals surface area contributed by atoms with Gasteiger partial charge in [0.05, 0.1) is 5.69 Å². The molecule has 1 N–H and O–H groups in total. The van der Waals surface area contributed by atoms with Crippen molar-refractivity contribution in [2.75, 3.05) is 13.1 Å². The van der Waals surface area contributed by atoms with Gasteiger partial charge in [-0.1, -0.05) is 6.07 Å². The lowest BCUT2D eigenvalue weighted by molar-refractivity contribution is 0.459. The van der Waals surface area contributed by atoms with Crippen LogP contribution in [-0.4, -0.2) is 27.9 Å². The number of nitrogens with one attached hydrogen (secondary N) is 1. The highest BCUT2D eigenvalue weighted by Gasteiger charge is 2.18. The summed E-state index contributed by atoms with van der Waals surface area (Å²) in [6, 6.07) is 10.6. The quantitative estimate of drug-likeness (QED) is 0.557. The fraction of sp³-hybridized carbons (Fsp3) is 0.273. The van der Waals surface area contributed by atoms with Crippen LogP contribution in [0, 0.1) is 11.6 Å². The Balaban J connectivity index is 1.59. The van der Waals surface area contributed by atoms with Crippen molar-refractivity contribution in [1.82, 2.24) is 20.1 Å². The fourth-order valence-corrected chi connectivity index (χ4v) is 4.13. The van der Waals surface area contributed by atoms with E-state index < -0.39 is 5.82 Å². The Morgan fingerprint density at radius 1 is 0.964 bits per heavy atom. The number of rotatable bonds is 2. The SMILES string of the molecule is Cn1cc2cc(-c3ccc4cc(C5CCNCC5)cc(F)c4n3)cc(F)c2n1. The van der Waals surface area contributed by atoms with Crippen LogP contribution in [0.4, 0.5) is 8.78 Å². The maximum absolute atomic E-state index is 14.9. The highest BCUT2D eigenvalue weighted by atomic mass is 19.1. The van der Waals surface area contributed by atoms with E-state index in [2.05, 4.69) is 15.4 Å². The summed E-state index contributed by atoms with van der Waals surface area (Å²) >= 11 is 0. The predicted octanol–water partition coefficient (Wildman–Crippen LogP) is 4.53. The van der Waals surface area contributed by atoms with Crippen LogP contribution in [0.1, 0.15) is 24.3 Å². The lowest BCUT2D eigenvalue weighted by atomic mass is 9.89. The third-order valence-electron chi connectivity index (χ3n) is 5.55. The highest BCUT2D eigenvalue weighted by Crippen LogP contribution is 2.31. The zero-order valence-electron chi connectivity index (χ0n) is 15.5. The van der Waals surface area contributed by atoms with Gasteiger partial charge in [-0.2, -0.15) is 5.10 Å². The number of aromatic nitrogens is 3. The van der Waals surface area contributed by atoms with Crippen LogP contribution in [0.5, 0.6) is 0 Å². The highest BCUT2D eigenvalue weighted by molar-refractivity contribution is 5.87. The molecule has 1 saturated heterocycles. The molecule has 2 aromatic heterocycles. The Morgan fingerprint density at radius 3 is 2.57 bits per heavy atom. The molecule has 6 heteroatoms. The zero-order chi connectivity index (χ0) is 19.3. The van der Waals surface area contributed by atoms with E-state index in [-0.39, 0.29) is 5.82 Å². The monoisotopic (exact) mass is 378 g/mol. The molecule has 142 valence electrons. The van der Waals surface area contributed by atoms with Crippen LogP contribution in [-0.2, 0) is 7.05 Å². The molecular weight excluding hydrogens is 358 g/mol. The Morgan fingerprint density at radius 2 is 1.75 bits per heavy atom. The van der Waals surface area contributed by atoms with E-state index in [0.29, 0.717) is 33.6 Å². The van der Waals surface area contributed by atoms with E-state index >= 15 is 0 Å². The Hall–Kier alpha value is -2.86. The predicted molar refractivity (Wildman–Crippen MR) is 106 cm³/mol. The molecule has 0 atom stereocenters. The smallest absolute Gasteiger partial charge is 0.151 e. The van der Waals surface area contributed by atoms with E-state index in [0.717, 1.165) is 36.9 Å². The van der Waals surface area contributed by atoms with E-state index in [4.69, 9.17) is 0 Å². The van der Waals surface area contributed by atoms with E-state index in [9.17, 15) is 8.78 Å². The van der Waals surface area contributed by atoms with E-state index in [1.165, 1.54) is 6.07 Å². The van der Waals surface area contributed by atoms with Crippen molar-refractivity contribution in [3.8, 4) is 11.3 Å². The number of hydrogen-bond acceptors (Lipinski definition) is 3. The molecule has 1 fully saturated rings. The second-order valence-electron chi connectivity index (χ2n) is 7.49. The molecule has 0 radical (unpaired) electrons. The minimum Gasteiger partial charge on any atom is -0.317 e. The van der Waals surface area contributed by atoms with E-state index in [1.807, 2.05) is 24.3 Å². The fourth-order valence-electron chi connectivity index (χ4n) is 4.13. The second kappa shape index (κ2) is 6.63. The average molecular weight is 378 g/mol. The van der Waals surface area contributed by atoms with Crippen LogP contribution in [0.15, 0.2) is 42.6 Å². The third kappa shape index (κ3) is 2.94. The Bertz CT molecular complexity index is 1190. The topological polar surface area (TPSA) is 42.7 Å². The number of fused-ring (bicyclic) bond motifs is 2. The van der Waals surface area contributed by atoms with Crippen molar-refractivity contribution in [1.29, 1.82) is 0 Å². The number of nitrogens with zero attached hydrogens (tertiary/aromatic N) is 3. The largest absolute Gasteiger partial charge is 0.317 e. The van der Waals surface area contributed by atoms with Gasteiger partial charge in [0.2, 0.25) is 0 Å².